The topological polar surface area (TPSA) is 70.2 Å². The summed E-state index contributed by atoms with van der Waals surface area (Å²) in [5.74, 6) is -4.25. The smallest absolute Gasteiger partial charge is 0.311 e. The highest BCUT2D eigenvalue weighted by Gasteiger charge is 2.28. The molecule has 0 saturated heterocycles. The zero-order chi connectivity index (χ0) is 20.5. The molecule has 1 atom stereocenters. The van der Waals surface area contributed by atoms with Crippen molar-refractivity contribution in [3.05, 3.63) is 70.9 Å². The van der Waals surface area contributed by atoms with E-state index in [2.05, 4.69) is 11.1 Å². The summed E-state index contributed by atoms with van der Waals surface area (Å²) in [5.41, 5.74) is 2.18. The molecule has 1 fully saturated rings. The van der Waals surface area contributed by atoms with Gasteiger partial charge in [0.15, 0.2) is 5.78 Å². The number of halogens is 2. The van der Waals surface area contributed by atoms with Gasteiger partial charge >= 0.3 is 5.97 Å². The van der Waals surface area contributed by atoms with Gasteiger partial charge in [-0.1, -0.05) is 18.9 Å². The number of aromatic nitrogens is 1. The normalized spacial score (nSPS) is 15.7. The van der Waals surface area contributed by atoms with Crippen LogP contribution < -0.4 is 0 Å². The van der Waals surface area contributed by atoms with E-state index >= 15 is 0 Å². The Kier molecular flexibility index (Phi) is 5.18. The molecular weight excluding hydrogens is 376 g/mol. The summed E-state index contributed by atoms with van der Waals surface area (Å²) in [6, 6.07) is 8.68. The lowest BCUT2D eigenvalue weighted by Gasteiger charge is -2.13. The summed E-state index contributed by atoms with van der Waals surface area (Å²) in [5, 5.41) is 10.5. The molecule has 6 heteroatoms. The van der Waals surface area contributed by atoms with Gasteiger partial charge in [-0.2, -0.15) is 0 Å². The van der Waals surface area contributed by atoms with Gasteiger partial charge in [-0.3, -0.25) is 9.59 Å². The van der Waals surface area contributed by atoms with Gasteiger partial charge in [0.1, 0.15) is 11.6 Å². The first-order valence-corrected chi connectivity index (χ1v) is 9.76. The van der Waals surface area contributed by atoms with Crippen LogP contribution in [0.4, 0.5) is 8.78 Å². The fraction of sp³-hybridized carbons (Fsp3) is 0.304. The highest BCUT2D eigenvalue weighted by molar-refractivity contribution is 6.00. The molecule has 1 aromatic heterocycles. The maximum absolute atomic E-state index is 14.0. The first kappa shape index (κ1) is 19.3. The number of carbonyl (C=O) groups excluding carboxylic acids is 1. The average Bonchev–Trinajstić information content (AvgIpc) is 3.35. The van der Waals surface area contributed by atoms with Crippen molar-refractivity contribution in [3.8, 4) is 0 Å². The zero-order valence-corrected chi connectivity index (χ0v) is 15.8. The van der Waals surface area contributed by atoms with Crippen LogP contribution in [0.3, 0.4) is 0 Å². The van der Waals surface area contributed by atoms with Crippen LogP contribution >= 0.6 is 0 Å². The molecular formula is C23H21F2NO3. The van der Waals surface area contributed by atoms with Crippen LogP contribution in [-0.2, 0) is 4.79 Å². The molecule has 1 heterocycles. The fourth-order valence-corrected chi connectivity index (χ4v) is 4.30. The summed E-state index contributed by atoms with van der Waals surface area (Å²) in [6.45, 7) is 0. The van der Waals surface area contributed by atoms with Gasteiger partial charge in [-0.15, -0.1) is 0 Å². The standard InChI is InChI=1S/C23H21F2NO3/c24-15-6-7-16(20(25)10-15)22(27)11-18(23(28)29)19-12-26-21-8-5-14(9-17(19)21)13-3-1-2-4-13/h5-10,12-13,18,26H,1-4,11H2,(H,28,29). The molecule has 1 aliphatic carbocycles. The number of fused-ring (bicyclic) bond motifs is 1. The molecule has 2 aromatic carbocycles. The number of H-pyrrole nitrogens is 1. The van der Waals surface area contributed by atoms with Crippen molar-refractivity contribution in [1.29, 1.82) is 0 Å². The molecule has 2 N–H and O–H groups in total. The lowest BCUT2D eigenvalue weighted by atomic mass is 9.89. The van der Waals surface area contributed by atoms with Crippen LogP contribution in [0.5, 0.6) is 0 Å². The first-order valence-electron chi connectivity index (χ1n) is 9.76. The molecule has 0 amide bonds. The summed E-state index contributed by atoms with van der Waals surface area (Å²) in [6.07, 6.45) is 5.83. The second-order valence-corrected chi connectivity index (χ2v) is 7.67. The lowest BCUT2D eigenvalue weighted by molar-refractivity contribution is -0.138. The first-order chi connectivity index (χ1) is 13.9. The van der Waals surface area contributed by atoms with Gasteiger partial charge in [0.05, 0.1) is 11.5 Å². The molecule has 4 rings (SSSR count). The number of hydrogen-bond acceptors (Lipinski definition) is 2. The van der Waals surface area contributed by atoms with Gasteiger partial charge in [-0.25, -0.2) is 8.78 Å². The van der Waals surface area contributed by atoms with E-state index in [4.69, 9.17) is 0 Å². The predicted molar refractivity (Wildman–Crippen MR) is 105 cm³/mol. The second kappa shape index (κ2) is 7.78. The Morgan fingerprint density at radius 1 is 1.10 bits per heavy atom. The summed E-state index contributed by atoms with van der Waals surface area (Å²) in [7, 11) is 0. The van der Waals surface area contributed by atoms with Crippen LogP contribution in [0.15, 0.2) is 42.6 Å². The van der Waals surface area contributed by atoms with E-state index < -0.39 is 35.7 Å². The van der Waals surface area contributed by atoms with Crippen molar-refractivity contribution < 1.29 is 23.5 Å². The molecule has 1 saturated carbocycles. The maximum Gasteiger partial charge on any atom is 0.311 e. The van der Waals surface area contributed by atoms with Crippen LogP contribution in [0.2, 0.25) is 0 Å². The summed E-state index contributed by atoms with van der Waals surface area (Å²) < 4.78 is 27.1. The van der Waals surface area contributed by atoms with E-state index in [1.165, 1.54) is 18.4 Å². The van der Waals surface area contributed by atoms with Crippen molar-refractivity contribution >= 4 is 22.7 Å². The third-order valence-corrected chi connectivity index (χ3v) is 5.86. The minimum atomic E-state index is -1.16. The van der Waals surface area contributed by atoms with Gasteiger partial charge < -0.3 is 10.1 Å². The molecule has 150 valence electrons. The summed E-state index contributed by atoms with van der Waals surface area (Å²) in [4.78, 5) is 27.6. The predicted octanol–water partition coefficient (Wildman–Crippen LogP) is 5.54. The number of carboxylic acids is 1. The van der Waals surface area contributed by atoms with Crippen LogP contribution in [0.25, 0.3) is 10.9 Å². The Bertz CT molecular complexity index is 1080. The van der Waals surface area contributed by atoms with Crippen molar-refractivity contribution in [2.24, 2.45) is 0 Å². The van der Waals surface area contributed by atoms with Crippen molar-refractivity contribution in [2.45, 2.75) is 43.9 Å². The zero-order valence-electron chi connectivity index (χ0n) is 15.8. The maximum atomic E-state index is 14.0. The summed E-state index contributed by atoms with van der Waals surface area (Å²) >= 11 is 0. The number of carboxylic acid groups (broad SMARTS) is 1. The molecule has 0 bridgehead atoms. The molecule has 1 aliphatic rings. The number of aromatic amines is 1. The van der Waals surface area contributed by atoms with E-state index in [9.17, 15) is 23.5 Å². The monoisotopic (exact) mass is 397 g/mol. The largest absolute Gasteiger partial charge is 0.481 e. The van der Waals surface area contributed by atoms with Crippen LogP contribution in [-0.4, -0.2) is 21.8 Å². The van der Waals surface area contributed by atoms with E-state index in [1.807, 2.05) is 12.1 Å². The molecule has 0 aliphatic heterocycles. The van der Waals surface area contributed by atoms with Gasteiger partial charge in [0.2, 0.25) is 0 Å². The number of Topliss-reactive ketones (excluding diaryl/α,β-unsaturated/α-hetero) is 1. The van der Waals surface area contributed by atoms with Gasteiger partial charge in [0, 0.05) is 29.6 Å². The number of carbonyl (C=O) groups is 2. The molecule has 1 unspecified atom stereocenters. The van der Waals surface area contributed by atoms with E-state index in [1.54, 1.807) is 6.20 Å². The number of aliphatic carboxylic acids is 1. The molecule has 0 spiro atoms. The molecule has 0 radical (unpaired) electrons. The number of hydrogen-bond donors (Lipinski definition) is 2. The minimum absolute atomic E-state index is 0.302. The average molecular weight is 397 g/mol. The number of rotatable bonds is 6. The van der Waals surface area contributed by atoms with Crippen molar-refractivity contribution in [2.75, 3.05) is 0 Å². The highest BCUT2D eigenvalue weighted by Crippen LogP contribution is 2.37. The Morgan fingerprint density at radius 2 is 1.86 bits per heavy atom. The second-order valence-electron chi connectivity index (χ2n) is 7.67. The number of ketones is 1. The quantitative estimate of drug-likeness (QED) is 0.536. The number of benzene rings is 2. The van der Waals surface area contributed by atoms with Gasteiger partial charge in [0.25, 0.3) is 0 Å². The van der Waals surface area contributed by atoms with Crippen LogP contribution in [0, 0.1) is 11.6 Å². The fourth-order valence-electron chi connectivity index (χ4n) is 4.30. The van der Waals surface area contributed by atoms with E-state index in [0.717, 1.165) is 35.9 Å². The SMILES string of the molecule is O=C(CC(C(=O)O)c1c[nH]c2ccc(C3CCCC3)cc12)c1ccc(F)cc1F. The highest BCUT2D eigenvalue weighted by atomic mass is 19.1. The third kappa shape index (κ3) is 3.79. The van der Waals surface area contributed by atoms with Crippen molar-refractivity contribution in [3.63, 3.8) is 0 Å². The Morgan fingerprint density at radius 3 is 2.55 bits per heavy atom. The molecule has 29 heavy (non-hydrogen) atoms. The Labute approximate surface area is 166 Å². The molecule has 3 aromatic rings. The Hall–Kier alpha value is -3.02. The van der Waals surface area contributed by atoms with Crippen LogP contribution in [0.1, 0.15) is 65.4 Å². The van der Waals surface area contributed by atoms with Gasteiger partial charge in [-0.05, 0) is 54.2 Å². The van der Waals surface area contributed by atoms with Crippen molar-refractivity contribution in [1.82, 2.24) is 4.98 Å². The number of nitrogens with one attached hydrogen (secondary N) is 1. The minimum Gasteiger partial charge on any atom is -0.481 e. The van der Waals surface area contributed by atoms with E-state index in [0.29, 0.717) is 17.5 Å². The Balaban J connectivity index is 1.67. The van der Waals surface area contributed by atoms with E-state index in [-0.39, 0.29) is 5.56 Å². The lowest BCUT2D eigenvalue weighted by Crippen LogP contribution is -2.17. The third-order valence-electron chi connectivity index (χ3n) is 5.86. The molecule has 4 nitrogen and oxygen atoms in total.